The fourth-order valence-corrected chi connectivity index (χ4v) is 3.07. The zero-order chi connectivity index (χ0) is 18.9. The molecule has 1 aliphatic carbocycles. The van der Waals surface area contributed by atoms with E-state index in [4.69, 9.17) is 4.74 Å². The summed E-state index contributed by atoms with van der Waals surface area (Å²) in [5.41, 5.74) is 4.80. The molecule has 4 aromatic rings. The molecule has 0 atom stereocenters. The molecule has 138 valence electrons. The minimum absolute atomic E-state index is 0.431. The molecule has 0 bridgehead atoms. The van der Waals surface area contributed by atoms with E-state index in [0.717, 1.165) is 33.5 Å². The van der Waals surface area contributed by atoms with Gasteiger partial charge in [0, 0.05) is 54.4 Å². The van der Waals surface area contributed by atoms with Crippen LogP contribution in [0.1, 0.15) is 24.0 Å². The molecule has 5 rings (SSSR count). The van der Waals surface area contributed by atoms with Gasteiger partial charge in [0.05, 0.1) is 18.0 Å². The van der Waals surface area contributed by atoms with Crippen LogP contribution in [-0.2, 0) is 13.7 Å². The molecule has 4 heterocycles. The lowest BCUT2D eigenvalue weighted by molar-refractivity contribution is 0.308. The Kier molecular flexibility index (Phi) is 4.06. The number of fused-ring (bicyclic) bond motifs is 1. The third-order valence-corrected chi connectivity index (χ3v) is 4.72. The zero-order valence-electron chi connectivity index (χ0n) is 15.5. The van der Waals surface area contributed by atoms with E-state index >= 15 is 0 Å². The number of aryl methyl sites for hydroxylation is 1. The summed E-state index contributed by atoms with van der Waals surface area (Å²) < 4.78 is 9.83. The van der Waals surface area contributed by atoms with Crippen LogP contribution in [0.25, 0.3) is 16.6 Å². The number of rotatable bonds is 4. The summed E-state index contributed by atoms with van der Waals surface area (Å²) in [4.78, 5) is 4.16. The highest BCUT2D eigenvalue weighted by Crippen LogP contribution is 2.31. The highest BCUT2D eigenvalue weighted by atomic mass is 16.5. The number of hydrogen-bond donors (Lipinski definition) is 0. The minimum atomic E-state index is 0.431. The average molecular weight is 369 g/mol. The Morgan fingerprint density at radius 3 is 2.82 bits per heavy atom. The zero-order valence-corrected chi connectivity index (χ0v) is 15.5. The van der Waals surface area contributed by atoms with Crippen LogP contribution >= 0.6 is 0 Å². The Morgan fingerprint density at radius 2 is 2.07 bits per heavy atom. The number of aromatic nitrogens is 5. The standard InChI is InChI=1S/C22H19N5O/c1-26-13-20(12-24-26)19-9-21(28-15-17-3-2-8-23-10-17)22-18(7-6-16-4-5-16)11-25-27(22)14-19/h2-3,8-14,16H,4-5,15H2,1H3. The summed E-state index contributed by atoms with van der Waals surface area (Å²) in [6.07, 6.45) is 13.6. The van der Waals surface area contributed by atoms with Gasteiger partial charge in [0.15, 0.2) is 0 Å². The first-order chi connectivity index (χ1) is 13.8. The van der Waals surface area contributed by atoms with E-state index in [-0.39, 0.29) is 0 Å². The minimum Gasteiger partial charge on any atom is -0.487 e. The Balaban J connectivity index is 1.58. The second kappa shape index (κ2) is 6.86. The fraction of sp³-hybridized carbons (Fsp3) is 0.227. The Labute approximate surface area is 162 Å². The maximum Gasteiger partial charge on any atom is 0.147 e. The molecule has 4 aromatic heterocycles. The Morgan fingerprint density at radius 1 is 1.14 bits per heavy atom. The van der Waals surface area contributed by atoms with Crippen LogP contribution in [0.15, 0.2) is 55.4 Å². The van der Waals surface area contributed by atoms with Crippen molar-refractivity contribution in [2.45, 2.75) is 19.4 Å². The van der Waals surface area contributed by atoms with E-state index < -0.39 is 0 Å². The van der Waals surface area contributed by atoms with E-state index in [1.54, 1.807) is 10.9 Å². The molecule has 0 saturated heterocycles. The van der Waals surface area contributed by atoms with Gasteiger partial charge in [-0.15, -0.1) is 0 Å². The molecule has 28 heavy (non-hydrogen) atoms. The number of nitrogens with zero attached hydrogens (tertiary/aromatic N) is 5. The van der Waals surface area contributed by atoms with Crippen molar-refractivity contribution in [1.82, 2.24) is 24.4 Å². The van der Waals surface area contributed by atoms with Crippen molar-refractivity contribution >= 4 is 5.52 Å². The highest BCUT2D eigenvalue weighted by molar-refractivity contribution is 5.75. The van der Waals surface area contributed by atoms with Crippen molar-refractivity contribution in [2.75, 3.05) is 0 Å². The summed E-state index contributed by atoms with van der Waals surface area (Å²) >= 11 is 0. The van der Waals surface area contributed by atoms with Gasteiger partial charge >= 0.3 is 0 Å². The summed E-state index contributed by atoms with van der Waals surface area (Å²) in [6.45, 7) is 0.431. The van der Waals surface area contributed by atoms with Crippen LogP contribution in [0.2, 0.25) is 0 Å². The van der Waals surface area contributed by atoms with E-state index in [1.807, 2.05) is 60.7 Å². The Hall–Kier alpha value is -3.59. The predicted octanol–water partition coefficient (Wildman–Crippen LogP) is 3.47. The quantitative estimate of drug-likeness (QED) is 0.517. The van der Waals surface area contributed by atoms with Crippen molar-refractivity contribution in [1.29, 1.82) is 0 Å². The molecule has 0 aromatic carbocycles. The maximum atomic E-state index is 6.20. The van der Waals surface area contributed by atoms with Crippen molar-refractivity contribution in [2.24, 2.45) is 13.0 Å². The van der Waals surface area contributed by atoms with Crippen LogP contribution in [0.4, 0.5) is 0 Å². The smallest absolute Gasteiger partial charge is 0.147 e. The molecular weight excluding hydrogens is 350 g/mol. The van der Waals surface area contributed by atoms with Crippen LogP contribution in [0, 0.1) is 17.8 Å². The SMILES string of the molecule is Cn1cc(-c2cc(OCc3cccnc3)c3c(C#CC4CC4)cnn3c2)cn1. The second-order valence-corrected chi connectivity index (χ2v) is 7.04. The van der Waals surface area contributed by atoms with Gasteiger partial charge in [0.2, 0.25) is 0 Å². The first kappa shape index (κ1) is 16.6. The number of ether oxygens (including phenoxy) is 1. The van der Waals surface area contributed by atoms with E-state index in [2.05, 4.69) is 27.0 Å². The molecule has 6 nitrogen and oxygen atoms in total. The molecule has 0 unspecified atom stereocenters. The van der Waals surface area contributed by atoms with Gasteiger partial charge in [-0.05, 0) is 25.0 Å². The van der Waals surface area contributed by atoms with Crippen molar-refractivity contribution < 1.29 is 4.74 Å². The normalized spacial score (nSPS) is 13.3. The third-order valence-electron chi connectivity index (χ3n) is 4.72. The van der Waals surface area contributed by atoms with Gasteiger partial charge < -0.3 is 4.74 Å². The van der Waals surface area contributed by atoms with E-state index in [9.17, 15) is 0 Å². The first-order valence-electron chi connectivity index (χ1n) is 9.30. The highest BCUT2D eigenvalue weighted by Gasteiger charge is 2.18. The first-order valence-corrected chi connectivity index (χ1v) is 9.30. The molecular formula is C22H19N5O. The summed E-state index contributed by atoms with van der Waals surface area (Å²) in [6, 6.07) is 5.94. The lowest BCUT2D eigenvalue weighted by Gasteiger charge is -2.10. The van der Waals surface area contributed by atoms with Gasteiger partial charge in [0.25, 0.3) is 0 Å². The van der Waals surface area contributed by atoms with Gasteiger partial charge in [-0.3, -0.25) is 9.67 Å². The van der Waals surface area contributed by atoms with Gasteiger partial charge in [0.1, 0.15) is 17.9 Å². The molecule has 0 amide bonds. The van der Waals surface area contributed by atoms with Crippen LogP contribution < -0.4 is 4.74 Å². The van der Waals surface area contributed by atoms with Crippen molar-refractivity contribution in [3.05, 3.63) is 66.5 Å². The summed E-state index contributed by atoms with van der Waals surface area (Å²) in [5.74, 6) is 7.89. The molecule has 1 fully saturated rings. The average Bonchev–Trinajstić information content (AvgIpc) is 3.30. The van der Waals surface area contributed by atoms with Gasteiger partial charge in [-0.1, -0.05) is 17.9 Å². The number of pyridine rings is 2. The maximum absolute atomic E-state index is 6.20. The van der Waals surface area contributed by atoms with Gasteiger partial charge in [-0.2, -0.15) is 10.2 Å². The monoisotopic (exact) mass is 369 g/mol. The molecule has 0 aliphatic heterocycles. The van der Waals surface area contributed by atoms with E-state index in [0.29, 0.717) is 12.5 Å². The fourth-order valence-electron chi connectivity index (χ4n) is 3.07. The van der Waals surface area contributed by atoms with Crippen LogP contribution in [-0.4, -0.2) is 24.4 Å². The van der Waals surface area contributed by atoms with Crippen molar-refractivity contribution in [3.63, 3.8) is 0 Å². The third kappa shape index (κ3) is 3.35. The molecule has 0 N–H and O–H groups in total. The topological polar surface area (TPSA) is 57.2 Å². The van der Waals surface area contributed by atoms with Crippen LogP contribution in [0.5, 0.6) is 5.75 Å². The van der Waals surface area contributed by atoms with E-state index in [1.165, 1.54) is 12.8 Å². The molecule has 0 spiro atoms. The molecule has 1 saturated carbocycles. The summed E-state index contributed by atoms with van der Waals surface area (Å²) in [5, 5.41) is 8.79. The second-order valence-electron chi connectivity index (χ2n) is 7.04. The predicted molar refractivity (Wildman–Crippen MR) is 106 cm³/mol. The largest absolute Gasteiger partial charge is 0.487 e. The Bertz CT molecular complexity index is 1190. The summed E-state index contributed by atoms with van der Waals surface area (Å²) in [7, 11) is 1.90. The molecule has 6 heteroatoms. The van der Waals surface area contributed by atoms with Gasteiger partial charge in [-0.25, -0.2) is 4.52 Å². The molecule has 1 aliphatic rings. The van der Waals surface area contributed by atoms with Crippen LogP contribution in [0.3, 0.4) is 0 Å². The lowest BCUT2D eigenvalue weighted by Crippen LogP contribution is -1.99. The number of hydrogen-bond acceptors (Lipinski definition) is 4. The molecule has 0 radical (unpaired) electrons. The van der Waals surface area contributed by atoms with Crippen molar-refractivity contribution in [3.8, 4) is 28.7 Å². The lowest BCUT2D eigenvalue weighted by atomic mass is 10.1.